The second kappa shape index (κ2) is 5.95. The molecule has 4 N–H and O–H groups in total. The third-order valence-corrected chi connectivity index (χ3v) is 1.99. The standard InChI is InChI=1S/C11H16N4O2/c1-7-3-8(2)14-9(4-7)13-6-11(17)15-10(16)5-12/h3-4H,5-6,12H2,1-2H3,(H,13,14)(H,15,16,17). The van der Waals surface area contributed by atoms with E-state index < -0.39 is 11.8 Å². The van der Waals surface area contributed by atoms with E-state index in [4.69, 9.17) is 5.73 Å². The molecule has 0 saturated carbocycles. The highest BCUT2D eigenvalue weighted by molar-refractivity contribution is 5.97. The molecule has 0 atom stereocenters. The Kier molecular flexibility index (Phi) is 4.59. The van der Waals surface area contributed by atoms with Crippen LogP contribution in [0, 0.1) is 13.8 Å². The first-order valence-electron chi connectivity index (χ1n) is 5.23. The highest BCUT2D eigenvalue weighted by Crippen LogP contribution is 2.08. The number of carbonyl (C=O) groups excluding carboxylic acids is 2. The molecule has 6 heteroatoms. The normalized spacial score (nSPS) is 9.82. The second-order valence-electron chi connectivity index (χ2n) is 3.70. The maximum Gasteiger partial charge on any atom is 0.245 e. The van der Waals surface area contributed by atoms with Crippen molar-refractivity contribution < 1.29 is 9.59 Å². The van der Waals surface area contributed by atoms with Gasteiger partial charge in [0.1, 0.15) is 5.82 Å². The topological polar surface area (TPSA) is 97.1 Å². The average molecular weight is 236 g/mol. The molecule has 0 unspecified atom stereocenters. The van der Waals surface area contributed by atoms with Gasteiger partial charge in [-0.1, -0.05) is 0 Å². The van der Waals surface area contributed by atoms with Crippen LogP contribution in [0.4, 0.5) is 5.82 Å². The van der Waals surface area contributed by atoms with Crippen molar-refractivity contribution in [1.82, 2.24) is 10.3 Å². The van der Waals surface area contributed by atoms with Gasteiger partial charge in [-0.2, -0.15) is 0 Å². The van der Waals surface area contributed by atoms with Crippen LogP contribution >= 0.6 is 0 Å². The van der Waals surface area contributed by atoms with E-state index in [2.05, 4.69) is 15.6 Å². The zero-order valence-corrected chi connectivity index (χ0v) is 9.91. The van der Waals surface area contributed by atoms with Gasteiger partial charge >= 0.3 is 0 Å². The number of aromatic nitrogens is 1. The van der Waals surface area contributed by atoms with Gasteiger partial charge in [-0.3, -0.25) is 14.9 Å². The van der Waals surface area contributed by atoms with E-state index in [-0.39, 0.29) is 13.1 Å². The summed E-state index contributed by atoms with van der Waals surface area (Å²) in [6.07, 6.45) is 0. The fourth-order valence-electron chi connectivity index (χ4n) is 1.35. The number of nitrogens with zero attached hydrogens (tertiary/aromatic N) is 1. The van der Waals surface area contributed by atoms with E-state index in [0.717, 1.165) is 11.3 Å². The van der Waals surface area contributed by atoms with Crippen LogP contribution in [-0.2, 0) is 9.59 Å². The molecule has 2 amide bonds. The highest BCUT2D eigenvalue weighted by atomic mass is 16.2. The molecule has 0 aliphatic heterocycles. The molecule has 0 spiro atoms. The second-order valence-corrected chi connectivity index (χ2v) is 3.70. The molecule has 0 fully saturated rings. The lowest BCUT2D eigenvalue weighted by atomic mass is 10.2. The van der Waals surface area contributed by atoms with E-state index >= 15 is 0 Å². The van der Waals surface area contributed by atoms with E-state index in [1.807, 2.05) is 26.0 Å². The van der Waals surface area contributed by atoms with Gasteiger partial charge in [-0.25, -0.2) is 4.98 Å². The van der Waals surface area contributed by atoms with Crippen LogP contribution in [0.15, 0.2) is 12.1 Å². The Balaban J connectivity index is 2.50. The predicted octanol–water partition coefficient (Wildman–Crippen LogP) is -0.288. The van der Waals surface area contributed by atoms with Crippen LogP contribution < -0.4 is 16.4 Å². The van der Waals surface area contributed by atoms with Gasteiger partial charge in [0.05, 0.1) is 13.1 Å². The first-order chi connectivity index (χ1) is 8.01. The van der Waals surface area contributed by atoms with E-state index in [9.17, 15) is 9.59 Å². The molecule has 0 aliphatic carbocycles. The van der Waals surface area contributed by atoms with Crippen LogP contribution in [0.5, 0.6) is 0 Å². The van der Waals surface area contributed by atoms with Crippen molar-refractivity contribution in [2.75, 3.05) is 18.4 Å². The van der Waals surface area contributed by atoms with Crippen LogP contribution in [-0.4, -0.2) is 29.9 Å². The zero-order chi connectivity index (χ0) is 12.8. The molecule has 1 heterocycles. The van der Waals surface area contributed by atoms with Crippen molar-refractivity contribution in [2.45, 2.75) is 13.8 Å². The van der Waals surface area contributed by atoms with Crippen molar-refractivity contribution in [3.05, 3.63) is 23.4 Å². The Morgan fingerprint density at radius 2 is 2.00 bits per heavy atom. The van der Waals surface area contributed by atoms with Crippen molar-refractivity contribution in [2.24, 2.45) is 5.73 Å². The van der Waals surface area contributed by atoms with Crippen molar-refractivity contribution in [3.63, 3.8) is 0 Å². The number of anilines is 1. The van der Waals surface area contributed by atoms with Crippen LogP contribution in [0.25, 0.3) is 0 Å². The van der Waals surface area contributed by atoms with Gasteiger partial charge in [-0.05, 0) is 31.5 Å². The number of amides is 2. The van der Waals surface area contributed by atoms with Gasteiger partial charge in [0.25, 0.3) is 0 Å². The molecule has 0 aromatic carbocycles. The van der Waals surface area contributed by atoms with Crippen LogP contribution in [0.3, 0.4) is 0 Å². The molecule has 1 rings (SSSR count). The molecule has 1 aromatic heterocycles. The maximum absolute atomic E-state index is 11.3. The molecule has 0 radical (unpaired) electrons. The molecule has 6 nitrogen and oxygen atoms in total. The number of imide groups is 1. The number of nitrogens with one attached hydrogen (secondary N) is 2. The summed E-state index contributed by atoms with van der Waals surface area (Å²) in [5.41, 5.74) is 6.99. The largest absolute Gasteiger partial charge is 0.361 e. The van der Waals surface area contributed by atoms with Gasteiger partial charge in [-0.15, -0.1) is 0 Å². The zero-order valence-electron chi connectivity index (χ0n) is 9.91. The third-order valence-electron chi connectivity index (χ3n) is 1.99. The number of carbonyl (C=O) groups is 2. The first-order valence-corrected chi connectivity index (χ1v) is 5.23. The lowest BCUT2D eigenvalue weighted by Crippen LogP contribution is -2.38. The SMILES string of the molecule is Cc1cc(C)nc(NCC(=O)NC(=O)CN)c1. The number of hydrogen-bond donors (Lipinski definition) is 3. The van der Waals surface area contributed by atoms with E-state index in [1.165, 1.54) is 0 Å². The monoisotopic (exact) mass is 236 g/mol. The molecule has 92 valence electrons. The summed E-state index contributed by atoms with van der Waals surface area (Å²) >= 11 is 0. The summed E-state index contributed by atoms with van der Waals surface area (Å²) in [6.45, 7) is 3.60. The van der Waals surface area contributed by atoms with E-state index in [0.29, 0.717) is 5.82 Å². The van der Waals surface area contributed by atoms with Crippen molar-refractivity contribution >= 4 is 17.6 Å². The molecule has 0 saturated heterocycles. The smallest absolute Gasteiger partial charge is 0.245 e. The quantitative estimate of drug-likeness (QED) is 0.667. The maximum atomic E-state index is 11.3. The molecule has 1 aromatic rings. The number of nitrogens with two attached hydrogens (primary N) is 1. The van der Waals surface area contributed by atoms with Gasteiger partial charge in [0.2, 0.25) is 11.8 Å². The van der Waals surface area contributed by atoms with E-state index in [1.54, 1.807) is 0 Å². The molecule has 0 bridgehead atoms. The first kappa shape index (κ1) is 13.1. The lowest BCUT2D eigenvalue weighted by Gasteiger charge is -2.07. The lowest BCUT2D eigenvalue weighted by molar-refractivity contribution is -0.128. The summed E-state index contributed by atoms with van der Waals surface area (Å²) in [5, 5.41) is 4.98. The Bertz CT molecular complexity index is 411. The van der Waals surface area contributed by atoms with Crippen LogP contribution in [0.2, 0.25) is 0 Å². The minimum atomic E-state index is -0.495. The average Bonchev–Trinajstić information content (AvgIpc) is 2.25. The van der Waals surface area contributed by atoms with Gasteiger partial charge < -0.3 is 11.1 Å². The summed E-state index contributed by atoms with van der Waals surface area (Å²) in [7, 11) is 0. The molecular weight excluding hydrogens is 220 g/mol. The number of rotatable bonds is 4. The minimum absolute atomic E-state index is 0.0123. The van der Waals surface area contributed by atoms with Crippen molar-refractivity contribution in [3.8, 4) is 0 Å². The molecular formula is C11H16N4O2. The Morgan fingerprint density at radius 3 is 2.59 bits per heavy atom. The predicted molar refractivity (Wildman–Crippen MR) is 64.4 cm³/mol. The van der Waals surface area contributed by atoms with Crippen molar-refractivity contribution in [1.29, 1.82) is 0 Å². The fraction of sp³-hybridized carbons (Fsp3) is 0.364. The Labute approximate surface area is 99.6 Å². The number of hydrogen-bond acceptors (Lipinski definition) is 5. The number of aryl methyl sites for hydroxylation is 2. The minimum Gasteiger partial charge on any atom is -0.361 e. The summed E-state index contributed by atoms with van der Waals surface area (Å²) < 4.78 is 0. The molecule has 17 heavy (non-hydrogen) atoms. The Hall–Kier alpha value is -1.95. The van der Waals surface area contributed by atoms with Gasteiger partial charge in [0.15, 0.2) is 0 Å². The highest BCUT2D eigenvalue weighted by Gasteiger charge is 2.06. The Morgan fingerprint density at radius 1 is 1.29 bits per heavy atom. The molecule has 0 aliphatic rings. The van der Waals surface area contributed by atoms with Crippen LogP contribution in [0.1, 0.15) is 11.3 Å². The summed E-state index contributed by atoms with van der Waals surface area (Å²) in [4.78, 5) is 26.3. The number of pyridine rings is 1. The third kappa shape index (κ3) is 4.60. The fourth-order valence-corrected chi connectivity index (χ4v) is 1.35. The summed E-state index contributed by atoms with van der Waals surface area (Å²) in [5.74, 6) is -0.315. The summed E-state index contributed by atoms with van der Waals surface area (Å²) in [6, 6.07) is 3.76. The van der Waals surface area contributed by atoms with Gasteiger partial charge in [0, 0.05) is 5.69 Å².